The second kappa shape index (κ2) is 4.98. The molecule has 0 saturated carbocycles. The molecule has 2 nitrogen and oxygen atoms in total. The van der Waals surface area contributed by atoms with E-state index >= 15 is 0 Å². The highest BCUT2D eigenvalue weighted by Crippen LogP contribution is 2.22. The van der Waals surface area contributed by atoms with Crippen LogP contribution in [0.25, 0.3) is 0 Å². The van der Waals surface area contributed by atoms with Crippen LogP contribution in [0.2, 0.25) is 0 Å². The highest BCUT2D eigenvalue weighted by atomic mass is 127. The summed E-state index contributed by atoms with van der Waals surface area (Å²) in [6, 6.07) is 8.17. The molecule has 1 aromatic rings. The average molecular weight is 303 g/mol. The standard InChI is InChI=1S/C11H14INO/c12-10-5-1-2-6-11(10)14-9-4-3-7-13-8-9/h1-2,5-6,9,13H,3-4,7-8H2/t9-/m0/s1. The third-order valence-corrected chi connectivity index (χ3v) is 3.27. The van der Waals surface area contributed by atoms with Gasteiger partial charge in [0.25, 0.3) is 0 Å². The topological polar surface area (TPSA) is 21.3 Å². The molecule has 1 fully saturated rings. The molecule has 1 atom stereocenters. The Morgan fingerprint density at radius 2 is 2.21 bits per heavy atom. The van der Waals surface area contributed by atoms with Gasteiger partial charge in [-0.1, -0.05) is 12.1 Å². The summed E-state index contributed by atoms with van der Waals surface area (Å²) in [4.78, 5) is 0. The lowest BCUT2D eigenvalue weighted by atomic mass is 10.1. The fraction of sp³-hybridized carbons (Fsp3) is 0.455. The van der Waals surface area contributed by atoms with Gasteiger partial charge in [-0.15, -0.1) is 0 Å². The van der Waals surface area contributed by atoms with E-state index in [0.717, 1.165) is 25.3 Å². The van der Waals surface area contributed by atoms with E-state index in [2.05, 4.69) is 34.0 Å². The van der Waals surface area contributed by atoms with Gasteiger partial charge in [0.05, 0.1) is 3.57 Å². The summed E-state index contributed by atoms with van der Waals surface area (Å²) in [6.45, 7) is 2.11. The van der Waals surface area contributed by atoms with E-state index in [9.17, 15) is 0 Å². The van der Waals surface area contributed by atoms with E-state index in [4.69, 9.17) is 4.74 Å². The average Bonchev–Trinajstić information content (AvgIpc) is 2.23. The minimum atomic E-state index is 0.347. The molecule has 1 aliphatic heterocycles. The maximum atomic E-state index is 5.92. The second-order valence-corrected chi connectivity index (χ2v) is 4.68. The van der Waals surface area contributed by atoms with Crippen LogP contribution in [0, 0.1) is 3.57 Å². The normalized spacial score (nSPS) is 21.9. The zero-order valence-corrected chi connectivity index (χ0v) is 10.2. The van der Waals surface area contributed by atoms with Gasteiger partial charge in [-0.25, -0.2) is 0 Å². The van der Waals surface area contributed by atoms with Gasteiger partial charge >= 0.3 is 0 Å². The van der Waals surface area contributed by atoms with Crippen molar-refractivity contribution in [2.75, 3.05) is 13.1 Å². The highest BCUT2D eigenvalue weighted by Gasteiger charge is 2.14. The summed E-state index contributed by atoms with van der Waals surface area (Å²) >= 11 is 2.31. The van der Waals surface area contributed by atoms with Gasteiger partial charge < -0.3 is 10.1 Å². The number of ether oxygens (including phenoxy) is 1. The largest absolute Gasteiger partial charge is 0.488 e. The van der Waals surface area contributed by atoms with Crippen LogP contribution in [0.1, 0.15) is 12.8 Å². The van der Waals surface area contributed by atoms with Crippen molar-refractivity contribution < 1.29 is 4.74 Å². The predicted octanol–water partition coefficient (Wildman–Crippen LogP) is 2.42. The van der Waals surface area contributed by atoms with Crippen LogP contribution < -0.4 is 10.1 Å². The monoisotopic (exact) mass is 303 g/mol. The zero-order chi connectivity index (χ0) is 9.80. The maximum absolute atomic E-state index is 5.92. The Balaban J connectivity index is 1.99. The molecule has 1 heterocycles. The van der Waals surface area contributed by atoms with E-state index < -0.39 is 0 Å². The molecule has 0 aliphatic carbocycles. The summed E-state index contributed by atoms with van der Waals surface area (Å²) in [5.74, 6) is 1.02. The van der Waals surface area contributed by atoms with E-state index in [0.29, 0.717) is 6.10 Å². The number of hydrogen-bond acceptors (Lipinski definition) is 2. The molecule has 1 saturated heterocycles. The minimum Gasteiger partial charge on any atom is -0.488 e. The minimum absolute atomic E-state index is 0.347. The Hall–Kier alpha value is -0.290. The van der Waals surface area contributed by atoms with Crippen molar-refractivity contribution in [3.8, 4) is 5.75 Å². The number of hydrogen-bond donors (Lipinski definition) is 1. The van der Waals surface area contributed by atoms with E-state index in [-0.39, 0.29) is 0 Å². The third kappa shape index (κ3) is 2.60. The molecule has 0 spiro atoms. The molecular weight excluding hydrogens is 289 g/mol. The number of halogens is 1. The van der Waals surface area contributed by atoms with Crippen LogP contribution >= 0.6 is 22.6 Å². The van der Waals surface area contributed by atoms with E-state index in [1.807, 2.05) is 18.2 Å². The third-order valence-electron chi connectivity index (χ3n) is 2.38. The molecular formula is C11H14INO. The first kappa shape index (κ1) is 10.2. The number of para-hydroxylation sites is 1. The molecule has 2 rings (SSSR count). The Labute approximate surface area is 98.2 Å². The number of piperidine rings is 1. The van der Waals surface area contributed by atoms with E-state index in [1.54, 1.807) is 0 Å². The fourth-order valence-electron chi connectivity index (χ4n) is 1.64. The molecule has 14 heavy (non-hydrogen) atoms. The molecule has 0 aromatic heterocycles. The van der Waals surface area contributed by atoms with Crippen LogP contribution in [0.4, 0.5) is 0 Å². The summed E-state index contributed by atoms with van der Waals surface area (Å²) in [5, 5.41) is 3.35. The first-order valence-corrected chi connectivity index (χ1v) is 6.06. The highest BCUT2D eigenvalue weighted by molar-refractivity contribution is 14.1. The number of nitrogens with one attached hydrogen (secondary N) is 1. The van der Waals surface area contributed by atoms with Crippen LogP contribution in [0.3, 0.4) is 0 Å². The van der Waals surface area contributed by atoms with Gasteiger partial charge in [0, 0.05) is 6.54 Å². The zero-order valence-electron chi connectivity index (χ0n) is 8.00. The van der Waals surface area contributed by atoms with Gasteiger partial charge in [0.2, 0.25) is 0 Å². The van der Waals surface area contributed by atoms with Gasteiger partial charge in [-0.3, -0.25) is 0 Å². The van der Waals surface area contributed by atoms with Gasteiger partial charge in [-0.05, 0) is 54.1 Å². The molecule has 0 bridgehead atoms. The van der Waals surface area contributed by atoms with Crippen LogP contribution in [-0.2, 0) is 0 Å². The van der Waals surface area contributed by atoms with Crippen LogP contribution in [-0.4, -0.2) is 19.2 Å². The van der Waals surface area contributed by atoms with Crippen molar-refractivity contribution in [1.82, 2.24) is 5.32 Å². The van der Waals surface area contributed by atoms with Crippen molar-refractivity contribution >= 4 is 22.6 Å². The Morgan fingerprint density at radius 1 is 1.36 bits per heavy atom. The Bertz CT molecular complexity index is 297. The smallest absolute Gasteiger partial charge is 0.133 e. The van der Waals surface area contributed by atoms with Crippen molar-refractivity contribution in [3.05, 3.63) is 27.8 Å². The molecule has 1 aliphatic rings. The summed E-state index contributed by atoms with van der Waals surface area (Å²) in [7, 11) is 0. The molecule has 1 aromatic carbocycles. The Morgan fingerprint density at radius 3 is 2.93 bits per heavy atom. The lowest BCUT2D eigenvalue weighted by Gasteiger charge is -2.24. The predicted molar refractivity (Wildman–Crippen MR) is 65.7 cm³/mol. The molecule has 3 heteroatoms. The summed E-state index contributed by atoms with van der Waals surface area (Å²) in [6.07, 6.45) is 2.73. The fourth-order valence-corrected chi connectivity index (χ4v) is 2.15. The quantitative estimate of drug-likeness (QED) is 0.847. The number of rotatable bonds is 2. The number of benzene rings is 1. The van der Waals surface area contributed by atoms with E-state index in [1.165, 1.54) is 9.99 Å². The van der Waals surface area contributed by atoms with Gasteiger partial charge in [-0.2, -0.15) is 0 Å². The lowest BCUT2D eigenvalue weighted by Crippen LogP contribution is -2.37. The van der Waals surface area contributed by atoms with Crippen molar-refractivity contribution in [2.24, 2.45) is 0 Å². The maximum Gasteiger partial charge on any atom is 0.133 e. The summed E-state index contributed by atoms with van der Waals surface area (Å²) in [5.41, 5.74) is 0. The first-order chi connectivity index (χ1) is 6.86. The first-order valence-electron chi connectivity index (χ1n) is 4.98. The molecule has 76 valence electrons. The van der Waals surface area contributed by atoms with Crippen molar-refractivity contribution in [2.45, 2.75) is 18.9 Å². The second-order valence-electron chi connectivity index (χ2n) is 3.52. The van der Waals surface area contributed by atoms with Gasteiger partial charge in [0.1, 0.15) is 11.9 Å². The molecule has 1 N–H and O–H groups in total. The molecule has 0 unspecified atom stereocenters. The molecule has 0 amide bonds. The Kier molecular flexibility index (Phi) is 3.64. The van der Waals surface area contributed by atoms with Crippen LogP contribution in [0.15, 0.2) is 24.3 Å². The van der Waals surface area contributed by atoms with Crippen molar-refractivity contribution in [1.29, 1.82) is 0 Å². The summed E-state index contributed by atoms with van der Waals surface area (Å²) < 4.78 is 7.11. The lowest BCUT2D eigenvalue weighted by molar-refractivity contribution is 0.166. The molecule has 0 radical (unpaired) electrons. The van der Waals surface area contributed by atoms with Crippen molar-refractivity contribution in [3.63, 3.8) is 0 Å². The van der Waals surface area contributed by atoms with Gasteiger partial charge in [0.15, 0.2) is 0 Å². The van der Waals surface area contributed by atoms with Crippen LogP contribution in [0.5, 0.6) is 5.75 Å². The SMILES string of the molecule is Ic1ccccc1O[C@H]1CCCNC1.